The summed E-state index contributed by atoms with van der Waals surface area (Å²) in [5.41, 5.74) is 3.21. The van der Waals surface area contributed by atoms with E-state index < -0.39 is 0 Å². The summed E-state index contributed by atoms with van der Waals surface area (Å²) in [6.07, 6.45) is 1.02. The van der Waals surface area contributed by atoms with Crippen LogP contribution in [0.3, 0.4) is 0 Å². The van der Waals surface area contributed by atoms with Gasteiger partial charge in [-0.15, -0.1) is 0 Å². The fraction of sp³-hybridized carbons (Fsp3) is 0.381. The highest BCUT2D eigenvalue weighted by Gasteiger charge is 2.23. The molecule has 0 aliphatic carbocycles. The first-order valence-corrected chi connectivity index (χ1v) is 9.65. The van der Waals surface area contributed by atoms with Crippen LogP contribution in [0.15, 0.2) is 53.5 Å². The van der Waals surface area contributed by atoms with E-state index in [0.717, 1.165) is 26.1 Å². The Balaban J connectivity index is 1.64. The Morgan fingerprint density at radius 1 is 1.25 bits per heavy atom. The second kappa shape index (κ2) is 9.21. The van der Waals surface area contributed by atoms with Crippen LogP contribution in [0.4, 0.5) is 11.4 Å². The number of rotatable bonds is 6. The molecule has 0 amide bonds. The van der Waals surface area contributed by atoms with Crippen molar-refractivity contribution < 1.29 is 4.92 Å². The molecule has 1 fully saturated rings. The van der Waals surface area contributed by atoms with Crippen molar-refractivity contribution in [3.63, 3.8) is 0 Å². The van der Waals surface area contributed by atoms with E-state index in [1.54, 1.807) is 18.2 Å². The Labute approximate surface area is 165 Å². The van der Waals surface area contributed by atoms with Crippen LogP contribution in [-0.4, -0.2) is 36.6 Å². The van der Waals surface area contributed by atoms with Crippen LogP contribution in [0.5, 0.6) is 0 Å². The zero-order valence-electron chi connectivity index (χ0n) is 16.4. The number of anilines is 1. The summed E-state index contributed by atoms with van der Waals surface area (Å²) in [7, 11) is 0. The molecule has 0 bridgehead atoms. The van der Waals surface area contributed by atoms with E-state index in [2.05, 4.69) is 51.7 Å². The molecule has 0 radical (unpaired) electrons. The quantitative estimate of drug-likeness (QED) is 0.347. The van der Waals surface area contributed by atoms with E-state index in [1.165, 1.54) is 17.3 Å². The van der Waals surface area contributed by atoms with E-state index in [1.807, 2.05) is 6.92 Å². The van der Waals surface area contributed by atoms with Crippen LogP contribution in [0, 0.1) is 17.0 Å². The predicted molar refractivity (Wildman–Crippen MR) is 113 cm³/mol. The van der Waals surface area contributed by atoms with E-state index in [-0.39, 0.29) is 23.2 Å². The van der Waals surface area contributed by atoms with Gasteiger partial charge in [0.2, 0.25) is 0 Å². The van der Waals surface area contributed by atoms with Gasteiger partial charge in [0.25, 0.3) is 5.69 Å². The summed E-state index contributed by atoms with van der Waals surface area (Å²) >= 11 is 0. The van der Waals surface area contributed by atoms with Crippen LogP contribution in [0.2, 0.25) is 0 Å². The van der Waals surface area contributed by atoms with Crippen molar-refractivity contribution >= 4 is 17.3 Å². The minimum Gasteiger partial charge on any atom is -0.369 e. The van der Waals surface area contributed by atoms with Gasteiger partial charge in [-0.3, -0.25) is 10.1 Å². The molecule has 148 valence electrons. The average molecular weight is 381 g/mol. The van der Waals surface area contributed by atoms with Crippen LogP contribution >= 0.6 is 0 Å². The number of para-hydroxylation sites is 1. The smallest absolute Gasteiger partial charge is 0.274 e. The maximum absolute atomic E-state index is 11.2. The Morgan fingerprint density at radius 3 is 2.71 bits per heavy atom. The van der Waals surface area contributed by atoms with Crippen LogP contribution in [0.25, 0.3) is 0 Å². The molecule has 0 aromatic heterocycles. The van der Waals surface area contributed by atoms with Gasteiger partial charge in [0.05, 0.1) is 17.0 Å². The lowest BCUT2D eigenvalue weighted by Crippen LogP contribution is -2.44. The minimum absolute atomic E-state index is 0.105. The molecule has 1 aliphatic heterocycles. The third-order valence-corrected chi connectivity index (χ3v) is 4.87. The molecule has 7 heteroatoms. The van der Waals surface area contributed by atoms with E-state index in [0.29, 0.717) is 11.5 Å². The molecule has 7 nitrogen and oxygen atoms in total. The number of nitro groups is 1. The van der Waals surface area contributed by atoms with E-state index in [9.17, 15) is 10.1 Å². The van der Waals surface area contributed by atoms with Crippen molar-refractivity contribution in [1.82, 2.24) is 10.6 Å². The van der Waals surface area contributed by atoms with Gasteiger partial charge in [0.1, 0.15) is 0 Å². The predicted octanol–water partition coefficient (Wildman–Crippen LogP) is 3.24. The molecule has 2 aromatic carbocycles. The second-order valence-electron chi connectivity index (χ2n) is 6.99. The number of benzene rings is 2. The normalized spacial score (nSPS) is 16.9. The summed E-state index contributed by atoms with van der Waals surface area (Å²) in [6.45, 7) is 6.99. The van der Waals surface area contributed by atoms with Crippen LogP contribution < -0.4 is 15.5 Å². The molecule has 2 aromatic rings. The highest BCUT2D eigenvalue weighted by atomic mass is 16.6. The number of guanidine groups is 1. The van der Waals surface area contributed by atoms with Gasteiger partial charge in [-0.05, 0) is 32.4 Å². The van der Waals surface area contributed by atoms with Gasteiger partial charge in [0.15, 0.2) is 5.96 Å². The first-order valence-electron chi connectivity index (χ1n) is 9.65. The first-order chi connectivity index (χ1) is 13.6. The zero-order valence-corrected chi connectivity index (χ0v) is 16.4. The molecule has 2 N–H and O–H groups in total. The lowest BCUT2D eigenvalue weighted by atomic mass is 10.2. The lowest BCUT2D eigenvalue weighted by Gasteiger charge is -2.20. The van der Waals surface area contributed by atoms with E-state index >= 15 is 0 Å². The highest BCUT2D eigenvalue weighted by molar-refractivity contribution is 5.80. The van der Waals surface area contributed by atoms with Gasteiger partial charge in [-0.25, -0.2) is 4.99 Å². The van der Waals surface area contributed by atoms with Crippen molar-refractivity contribution in [2.24, 2.45) is 4.99 Å². The third kappa shape index (κ3) is 5.00. The summed E-state index contributed by atoms with van der Waals surface area (Å²) in [4.78, 5) is 17.8. The second-order valence-corrected chi connectivity index (χ2v) is 6.99. The molecule has 1 saturated heterocycles. The monoisotopic (exact) mass is 381 g/mol. The van der Waals surface area contributed by atoms with Crippen LogP contribution in [-0.2, 0) is 6.54 Å². The van der Waals surface area contributed by atoms with Gasteiger partial charge < -0.3 is 15.5 Å². The highest BCUT2D eigenvalue weighted by Crippen LogP contribution is 2.21. The number of nitrogens with one attached hydrogen (secondary N) is 2. The van der Waals surface area contributed by atoms with Gasteiger partial charge in [-0.2, -0.15) is 0 Å². The van der Waals surface area contributed by atoms with Crippen molar-refractivity contribution in [1.29, 1.82) is 0 Å². The molecule has 28 heavy (non-hydrogen) atoms. The summed E-state index contributed by atoms with van der Waals surface area (Å²) in [5.74, 6) is 0.691. The summed E-state index contributed by atoms with van der Waals surface area (Å²) < 4.78 is 0. The number of hydrogen-bond donors (Lipinski definition) is 2. The van der Waals surface area contributed by atoms with Crippen molar-refractivity contribution in [3.05, 3.63) is 69.8 Å². The molecule has 1 aliphatic rings. The van der Waals surface area contributed by atoms with Gasteiger partial charge in [0, 0.05) is 37.4 Å². The molecule has 1 atom stereocenters. The Kier molecular flexibility index (Phi) is 6.47. The van der Waals surface area contributed by atoms with E-state index in [4.69, 9.17) is 0 Å². The standard InChI is InChI=1S/C21H27N5O2/c1-3-22-21(23-14-17-6-4-5-7-20(17)26(27)28)24-18-12-13-25(15-18)19-10-8-16(2)9-11-19/h4-11,18H,3,12-15H2,1-2H3,(H2,22,23,24). The molecule has 0 spiro atoms. The Bertz CT molecular complexity index is 835. The zero-order chi connectivity index (χ0) is 19.9. The minimum atomic E-state index is -0.359. The summed E-state index contributed by atoms with van der Waals surface area (Å²) in [5, 5.41) is 17.9. The lowest BCUT2D eigenvalue weighted by molar-refractivity contribution is -0.385. The average Bonchev–Trinajstić information content (AvgIpc) is 3.15. The Morgan fingerprint density at radius 2 is 2.00 bits per heavy atom. The largest absolute Gasteiger partial charge is 0.369 e. The van der Waals surface area contributed by atoms with Crippen molar-refractivity contribution in [2.75, 3.05) is 24.5 Å². The number of nitrogens with zero attached hydrogens (tertiary/aromatic N) is 3. The molecule has 3 rings (SSSR count). The number of aliphatic imine (C=N–C) groups is 1. The maximum atomic E-state index is 11.2. The fourth-order valence-corrected chi connectivity index (χ4v) is 3.37. The van der Waals surface area contributed by atoms with Crippen molar-refractivity contribution in [3.8, 4) is 0 Å². The van der Waals surface area contributed by atoms with Crippen LogP contribution in [0.1, 0.15) is 24.5 Å². The van der Waals surface area contributed by atoms with Crippen molar-refractivity contribution in [2.45, 2.75) is 32.9 Å². The number of aryl methyl sites for hydroxylation is 1. The fourth-order valence-electron chi connectivity index (χ4n) is 3.37. The van der Waals surface area contributed by atoms with Gasteiger partial charge in [-0.1, -0.05) is 35.9 Å². The number of hydrogen-bond acceptors (Lipinski definition) is 4. The third-order valence-electron chi connectivity index (χ3n) is 4.87. The molecular formula is C21H27N5O2. The van der Waals surface area contributed by atoms with Gasteiger partial charge >= 0.3 is 0 Å². The first kappa shape index (κ1) is 19.7. The SMILES string of the molecule is CCNC(=NCc1ccccc1[N+](=O)[O-])NC1CCN(c2ccc(C)cc2)C1. The topological polar surface area (TPSA) is 82.8 Å². The Hall–Kier alpha value is -3.09. The maximum Gasteiger partial charge on any atom is 0.274 e. The molecule has 0 saturated carbocycles. The molecular weight excluding hydrogens is 354 g/mol. The summed E-state index contributed by atoms with van der Waals surface area (Å²) in [6, 6.07) is 15.6. The molecule has 1 heterocycles. The number of nitro benzene ring substituents is 1. The molecule has 1 unspecified atom stereocenters.